The van der Waals surface area contributed by atoms with Crippen molar-refractivity contribution < 1.29 is 29.2 Å². The van der Waals surface area contributed by atoms with Crippen LogP contribution in [0.2, 0.25) is 0 Å². The first-order valence-corrected chi connectivity index (χ1v) is 13.8. The maximum atomic E-state index is 13.7. The molecule has 1 aliphatic carbocycles. The summed E-state index contributed by atoms with van der Waals surface area (Å²) >= 11 is 0. The summed E-state index contributed by atoms with van der Waals surface area (Å²) in [5, 5.41) is 29.4. The zero-order chi connectivity index (χ0) is 30.2. The van der Waals surface area contributed by atoms with Gasteiger partial charge >= 0.3 is 0 Å². The molecule has 0 heterocycles. The van der Waals surface area contributed by atoms with Gasteiger partial charge in [-0.2, -0.15) is 0 Å². The van der Waals surface area contributed by atoms with Crippen molar-refractivity contribution in [3.8, 4) is 28.7 Å². The molecule has 9 heteroatoms. The van der Waals surface area contributed by atoms with Crippen LogP contribution in [-0.2, 0) is 11.2 Å². The number of carbonyl (C=O) groups is 1. The third kappa shape index (κ3) is 3.39. The van der Waals surface area contributed by atoms with E-state index >= 15 is 0 Å². The number of hydrogen-bond acceptors (Lipinski definition) is 9. The first-order chi connectivity index (χ1) is 20.1. The molecular formula is C33H31NO8. The van der Waals surface area contributed by atoms with Crippen LogP contribution in [0.3, 0.4) is 0 Å². The number of Topliss-reactive ketones (excluding diaryl/α,β-unsaturated/α-hetero) is 1. The molecular weight excluding hydrogens is 538 g/mol. The van der Waals surface area contributed by atoms with Crippen LogP contribution < -0.4 is 30.4 Å². The number of aromatic hydroxyl groups is 2. The van der Waals surface area contributed by atoms with Crippen molar-refractivity contribution in [2.45, 2.75) is 40.0 Å². The summed E-state index contributed by atoms with van der Waals surface area (Å²) < 4.78 is 17.2. The second kappa shape index (κ2) is 9.65. The molecule has 42 heavy (non-hydrogen) atoms. The number of nitrogens with one attached hydrogen (secondary N) is 1. The van der Waals surface area contributed by atoms with E-state index in [0.29, 0.717) is 61.1 Å². The fraction of sp³-hybridized carbons (Fsp3) is 0.303. The Kier molecular flexibility index (Phi) is 6.29. The number of anilines is 1. The van der Waals surface area contributed by atoms with Gasteiger partial charge in [-0.05, 0) is 32.1 Å². The highest BCUT2D eigenvalue weighted by Crippen LogP contribution is 2.57. The van der Waals surface area contributed by atoms with E-state index in [9.17, 15) is 24.6 Å². The second-order valence-corrected chi connectivity index (χ2v) is 10.8. The summed E-state index contributed by atoms with van der Waals surface area (Å²) in [5.74, 6) is -0.295. The summed E-state index contributed by atoms with van der Waals surface area (Å²) in [7, 11) is 4.28. The number of rotatable bonds is 8. The Balaban J connectivity index is 2.12. The summed E-state index contributed by atoms with van der Waals surface area (Å²) in [4.78, 5) is 40.8. The van der Waals surface area contributed by atoms with Crippen LogP contribution in [-0.4, -0.2) is 43.9 Å². The van der Waals surface area contributed by atoms with Gasteiger partial charge in [0.25, 0.3) is 0 Å². The molecule has 0 bridgehead atoms. The molecule has 0 amide bonds. The number of carbonyl (C=O) groups excluding carboxylic acids is 1. The van der Waals surface area contributed by atoms with Crippen LogP contribution in [0.1, 0.15) is 44.7 Å². The number of phenols is 2. The molecule has 5 aromatic carbocycles. The lowest BCUT2D eigenvalue weighted by atomic mass is 9.82. The molecule has 0 saturated heterocycles. The molecule has 0 aromatic heterocycles. The van der Waals surface area contributed by atoms with Gasteiger partial charge in [0.1, 0.15) is 11.5 Å². The van der Waals surface area contributed by atoms with E-state index in [-0.39, 0.29) is 57.4 Å². The maximum absolute atomic E-state index is 13.7. The van der Waals surface area contributed by atoms with Crippen molar-refractivity contribution in [2.75, 3.05) is 33.2 Å². The van der Waals surface area contributed by atoms with Gasteiger partial charge in [0, 0.05) is 62.3 Å². The van der Waals surface area contributed by atoms with E-state index in [1.807, 2.05) is 13.8 Å². The first kappa shape index (κ1) is 27.4. The first-order valence-electron chi connectivity index (χ1n) is 13.8. The fourth-order valence-corrected chi connectivity index (χ4v) is 6.84. The van der Waals surface area contributed by atoms with Crippen molar-refractivity contribution in [1.82, 2.24) is 0 Å². The van der Waals surface area contributed by atoms with Gasteiger partial charge in [0.2, 0.25) is 0 Å². The number of ketones is 1. The average molecular weight is 570 g/mol. The number of methoxy groups -OCH3 is 3. The summed E-state index contributed by atoms with van der Waals surface area (Å²) in [6.45, 7) is 5.81. The van der Waals surface area contributed by atoms with Gasteiger partial charge in [-0.15, -0.1) is 0 Å². The van der Waals surface area contributed by atoms with Crippen molar-refractivity contribution in [3.05, 3.63) is 49.3 Å². The molecule has 9 nitrogen and oxygen atoms in total. The van der Waals surface area contributed by atoms with E-state index in [1.165, 1.54) is 40.4 Å². The molecule has 5 aromatic rings. The predicted octanol–water partition coefficient (Wildman–Crippen LogP) is 5.46. The Morgan fingerprint density at radius 2 is 1.40 bits per heavy atom. The topological polar surface area (TPSA) is 131 Å². The van der Waals surface area contributed by atoms with Gasteiger partial charge in [0.15, 0.2) is 33.9 Å². The standard InChI is InChI=1S/C33H31NO8/c1-7-8-9-34-30-29-20(14(3)35)13(2)10-15-21-26-23(32(39)33(15)42-6)17(37)12-18(40-4)24(26)25-19(41-5)11-16(36)22(31(30)38)28(25)27(21)29/h11-12,34,38-39H,7-10H2,1-6H3. The third-order valence-corrected chi connectivity index (χ3v) is 8.46. The molecule has 0 radical (unpaired) electrons. The maximum Gasteiger partial charge on any atom is 0.194 e. The van der Waals surface area contributed by atoms with E-state index in [4.69, 9.17) is 14.2 Å². The quantitative estimate of drug-likeness (QED) is 0.0964. The zero-order valence-corrected chi connectivity index (χ0v) is 24.3. The summed E-state index contributed by atoms with van der Waals surface area (Å²) in [6, 6.07) is 2.59. The van der Waals surface area contributed by atoms with E-state index in [1.54, 1.807) is 0 Å². The Morgan fingerprint density at radius 1 is 0.833 bits per heavy atom. The van der Waals surface area contributed by atoms with Crippen LogP contribution >= 0.6 is 0 Å². The predicted molar refractivity (Wildman–Crippen MR) is 165 cm³/mol. The summed E-state index contributed by atoms with van der Waals surface area (Å²) in [5.41, 5.74) is 1.36. The van der Waals surface area contributed by atoms with Gasteiger partial charge < -0.3 is 29.7 Å². The number of fused-ring (bicyclic) bond motifs is 1. The molecule has 0 aliphatic heterocycles. The van der Waals surface area contributed by atoms with Crippen molar-refractivity contribution in [3.63, 3.8) is 0 Å². The molecule has 0 spiro atoms. The number of ether oxygens (including phenoxy) is 3. The van der Waals surface area contributed by atoms with Gasteiger partial charge in [-0.25, -0.2) is 0 Å². The van der Waals surface area contributed by atoms with Crippen LogP contribution in [0.5, 0.6) is 28.7 Å². The lowest BCUT2D eigenvalue weighted by molar-refractivity contribution is -0.111. The highest BCUT2D eigenvalue weighted by Gasteiger charge is 2.35. The number of benzene rings is 5. The van der Waals surface area contributed by atoms with Gasteiger partial charge in [-0.1, -0.05) is 18.9 Å². The second-order valence-electron chi connectivity index (χ2n) is 10.8. The number of phenolic OH excluding ortho intramolecular Hbond substituents is 2. The Morgan fingerprint density at radius 3 is 1.93 bits per heavy atom. The molecule has 0 atom stereocenters. The van der Waals surface area contributed by atoms with E-state index in [2.05, 4.69) is 5.32 Å². The van der Waals surface area contributed by atoms with Gasteiger partial charge in [-0.3, -0.25) is 14.4 Å². The Bertz CT molecular complexity index is 2130. The third-order valence-electron chi connectivity index (χ3n) is 8.46. The molecule has 1 aliphatic rings. The lowest BCUT2D eigenvalue weighted by Crippen LogP contribution is -2.12. The van der Waals surface area contributed by atoms with Gasteiger partial charge in [0.05, 0.1) is 37.8 Å². The SMILES string of the molecule is CCCCNc1c(O)c2c(=O)cc(OC)c3c4c(OC)cc(=O)c5c(O)c(OC)c6c(c(c1C(C(C)=O)=C(C)C6)c23)c54. The number of hydrogen-bond donors (Lipinski definition) is 3. The normalized spacial score (nSPS) is 13.1. The minimum atomic E-state index is -0.481. The largest absolute Gasteiger partial charge is 0.505 e. The monoisotopic (exact) mass is 569 g/mol. The average Bonchev–Trinajstić information content (AvgIpc) is 3.08. The van der Waals surface area contributed by atoms with Crippen molar-refractivity contribution in [1.29, 1.82) is 0 Å². The van der Waals surface area contributed by atoms with Crippen molar-refractivity contribution >= 4 is 60.1 Å². The molecule has 0 unspecified atom stereocenters. The minimum absolute atomic E-state index is 0.0249. The highest BCUT2D eigenvalue weighted by molar-refractivity contribution is 6.42. The molecule has 0 saturated carbocycles. The number of unbranched alkanes of at least 4 members (excludes halogenated alkanes) is 1. The lowest BCUT2D eigenvalue weighted by Gasteiger charge is -2.24. The van der Waals surface area contributed by atoms with E-state index < -0.39 is 10.9 Å². The zero-order valence-electron chi connectivity index (χ0n) is 24.3. The molecule has 6 rings (SSSR count). The van der Waals surface area contributed by atoms with Crippen molar-refractivity contribution in [2.24, 2.45) is 0 Å². The van der Waals surface area contributed by atoms with Crippen LogP contribution in [0.15, 0.2) is 27.3 Å². The number of allylic oxidation sites excluding steroid dienone is 2. The minimum Gasteiger partial charge on any atom is -0.505 e. The fourth-order valence-electron chi connectivity index (χ4n) is 6.84. The van der Waals surface area contributed by atoms with Crippen LogP contribution in [0.4, 0.5) is 5.69 Å². The van der Waals surface area contributed by atoms with E-state index in [0.717, 1.165) is 12.8 Å². The Labute approximate surface area is 240 Å². The Hall–Kier alpha value is -4.79. The van der Waals surface area contributed by atoms with Crippen LogP contribution in [0.25, 0.3) is 48.7 Å². The molecule has 0 fully saturated rings. The molecule has 216 valence electrons. The highest BCUT2D eigenvalue weighted by atomic mass is 16.5. The summed E-state index contributed by atoms with van der Waals surface area (Å²) in [6.07, 6.45) is 1.87. The smallest absolute Gasteiger partial charge is 0.194 e. The van der Waals surface area contributed by atoms with Crippen LogP contribution in [0, 0.1) is 0 Å². The molecule has 3 N–H and O–H groups in total.